The lowest BCUT2D eigenvalue weighted by Crippen LogP contribution is -2.28. The maximum absolute atomic E-state index is 4.90. The van der Waals surface area contributed by atoms with E-state index in [9.17, 15) is 0 Å². The summed E-state index contributed by atoms with van der Waals surface area (Å²) in [6, 6.07) is 4.16. The first-order chi connectivity index (χ1) is 17.2. The highest BCUT2D eigenvalue weighted by molar-refractivity contribution is 5.88. The Morgan fingerprint density at radius 1 is 1.09 bits per heavy atom. The molecule has 2 aliphatic rings. The van der Waals surface area contributed by atoms with Gasteiger partial charge in [0.15, 0.2) is 5.65 Å². The highest BCUT2D eigenvalue weighted by Gasteiger charge is 2.15. The number of piperidine rings is 1. The minimum Gasteiger partial charge on any atom is -0.317 e. The zero-order valence-corrected chi connectivity index (χ0v) is 20.8. The molecule has 5 rings (SSSR count). The van der Waals surface area contributed by atoms with E-state index in [1.54, 1.807) is 0 Å². The van der Waals surface area contributed by atoms with Gasteiger partial charge in [-0.2, -0.15) is 5.10 Å². The van der Waals surface area contributed by atoms with Crippen LogP contribution in [0.3, 0.4) is 0 Å². The third-order valence-corrected chi connectivity index (χ3v) is 7.17. The van der Waals surface area contributed by atoms with Crippen molar-refractivity contribution in [2.45, 2.75) is 58.8 Å². The predicted molar refractivity (Wildman–Crippen MR) is 141 cm³/mol. The van der Waals surface area contributed by atoms with Crippen LogP contribution in [0.15, 0.2) is 59.5 Å². The number of aryl methyl sites for hydroxylation is 1. The highest BCUT2D eigenvalue weighted by atomic mass is 15.3. The number of nitrogens with zero attached hydrogens (tertiary/aromatic N) is 6. The molecule has 0 spiro atoms. The maximum Gasteiger partial charge on any atom is 0.249 e. The Bertz CT molecular complexity index is 1230. The van der Waals surface area contributed by atoms with Gasteiger partial charge < -0.3 is 5.32 Å². The summed E-state index contributed by atoms with van der Waals surface area (Å²) in [4.78, 5) is 18.5. The van der Waals surface area contributed by atoms with Crippen LogP contribution in [0.5, 0.6) is 0 Å². The van der Waals surface area contributed by atoms with Gasteiger partial charge in [0.2, 0.25) is 5.95 Å². The zero-order chi connectivity index (χ0) is 24.0. The van der Waals surface area contributed by atoms with Crippen LogP contribution in [-0.4, -0.2) is 43.4 Å². The molecular formula is C28H35N7. The van der Waals surface area contributed by atoms with Gasteiger partial charge in [-0.15, -0.1) is 0 Å². The molecule has 0 aromatic carbocycles. The van der Waals surface area contributed by atoms with E-state index in [2.05, 4.69) is 64.5 Å². The highest BCUT2D eigenvalue weighted by Crippen LogP contribution is 2.23. The van der Waals surface area contributed by atoms with Crippen molar-refractivity contribution in [1.82, 2.24) is 29.9 Å². The standard InChI is InChI=1S/C28H35N7/c1-20-5-3-4-6-25(21(2)8-7-20)33-28-31-17-23(18-32-28)26-19-30-27-12-11-24(34-35(26)27)10-9-22-13-15-29-16-14-22/h3,5,7,11-12,17-19,21-22,29H,4,6,8-10,13-16H2,1-2H3. The fourth-order valence-electron chi connectivity index (χ4n) is 4.88. The molecule has 4 heterocycles. The van der Waals surface area contributed by atoms with Crippen LogP contribution in [0.25, 0.3) is 16.9 Å². The van der Waals surface area contributed by atoms with Crippen LogP contribution in [-0.2, 0) is 6.42 Å². The molecule has 1 unspecified atom stereocenters. The predicted octanol–water partition coefficient (Wildman–Crippen LogP) is 5.51. The lowest BCUT2D eigenvalue weighted by Gasteiger charge is -2.22. The normalized spacial score (nSPS) is 21.0. The molecule has 182 valence electrons. The fourth-order valence-corrected chi connectivity index (χ4v) is 4.88. The van der Waals surface area contributed by atoms with E-state index in [0.29, 0.717) is 11.9 Å². The number of allylic oxidation sites excluding steroid dienone is 4. The molecule has 0 radical (unpaired) electrons. The van der Waals surface area contributed by atoms with Crippen molar-refractivity contribution in [3.8, 4) is 11.3 Å². The van der Waals surface area contributed by atoms with Crippen molar-refractivity contribution in [3.63, 3.8) is 0 Å². The summed E-state index contributed by atoms with van der Waals surface area (Å²) in [7, 11) is 0. The van der Waals surface area contributed by atoms with Gasteiger partial charge in [-0.25, -0.2) is 24.5 Å². The van der Waals surface area contributed by atoms with E-state index in [-0.39, 0.29) is 0 Å². The Balaban J connectivity index is 1.32. The molecule has 1 fully saturated rings. The lowest BCUT2D eigenvalue weighted by molar-refractivity contribution is 0.353. The Morgan fingerprint density at radius 3 is 2.74 bits per heavy atom. The van der Waals surface area contributed by atoms with Gasteiger partial charge in [0, 0.05) is 23.7 Å². The number of imidazole rings is 1. The van der Waals surface area contributed by atoms with Crippen LogP contribution in [0.1, 0.15) is 58.1 Å². The van der Waals surface area contributed by atoms with Crippen molar-refractivity contribution in [2.24, 2.45) is 16.8 Å². The van der Waals surface area contributed by atoms with Crippen LogP contribution in [0.4, 0.5) is 5.95 Å². The van der Waals surface area contributed by atoms with E-state index in [4.69, 9.17) is 10.1 Å². The molecule has 1 aliphatic heterocycles. The fraction of sp³-hybridized carbons (Fsp3) is 0.464. The van der Waals surface area contributed by atoms with Crippen molar-refractivity contribution >= 4 is 17.3 Å². The van der Waals surface area contributed by atoms with Crippen molar-refractivity contribution in [2.75, 3.05) is 13.1 Å². The third kappa shape index (κ3) is 5.90. The van der Waals surface area contributed by atoms with Gasteiger partial charge in [0.25, 0.3) is 0 Å². The average molecular weight is 470 g/mol. The topological polar surface area (TPSA) is 80.4 Å². The van der Waals surface area contributed by atoms with Crippen LogP contribution in [0.2, 0.25) is 0 Å². The summed E-state index contributed by atoms with van der Waals surface area (Å²) in [5, 5.41) is 8.34. The van der Waals surface area contributed by atoms with Gasteiger partial charge in [0.05, 0.1) is 17.6 Å². The van der Waals surface area contributed by atoms with Crippen LogP contribution < -0.4 is 5.32 Å². The smallest absolute Gasteiger partial charge is 0.249 e. The molecule has 3 aromatic heterocycles. The number of fused-ring (bicyclic) bond motifs is 1. The number of rotatable bonds is 5. The summed E-state index contributed by atoms with van der Waals surface area (Å²) in [6.07, 6.45) is 19.8. The number of hydrogen-bond acceptors (Lipinski definition) is 6. The SMILES string of the molecule is CC1=CCC(C)C(=Nc2ncc(-c3cnc4ccc(CCC5CCNCC5)nn34)cn2)CCC=C1. The molecule has 3 aromatic rings. The molecule has 0 bridgehead atoms. The minimum atomic E-state index is 0.374. The maximum atomic E-state index is 4.90. The molecule has 1 atom stereocenters. The molecule has 1 aliphatic carbocycles. The monoisotopic (exact) mass is 469 g/mol. The summed E-state index contributed by atoms with van der Waals surface area (Å²) in [5.41, 5.74) is 6.22. The van der Waals surface area contributed by atoms with Crippen LogP contribution in [0, 0.1) is 11.8 Å². The summed E-state index contributed by atoms with van der Waals surface area (Å²) >= 11 is 0. The van der Waals surface area contributed by atoms with E-state index in [0.717, 1.165) is 73.0 Å². The Morgan fingerprint density at radius 2 is 1.91 bits per heavy atom. The van der Waals surface area contributed by atoms with Gasteiger partial charge >= 0.3 is 0 Å². The third-order valence-electron chi connectivity index (χ3n) is 7.17. The number of nitrogens with one attached hydrogen (secondary N) is 1. The summed E-state index contributed by atoms with van der Waals surface area (Å²) in [6.45, 7) is 6.66. The van der Waals surface area contributed by atoms with Crippen molar-refractivity contribution < 1.29 is 0 Å². The molecule has 1 saturated heterocycles. The molecule has 1 N–H and O–H groups in total. The Kier molecular flexibility index (Phi) is 7.42. The lowest BCUT2D eigenvalue weighted by atomic mass is 9.92. The summed E-state index contributed by atoms with van der Waals surface area (Å²) in [5.74, 6) is 1.68. The molecule has 0 amide bonds. The minimum absolute atomic E-state index is 0.374. The summed E-state index contributed by atoms with van der Waals surface area (Å²) < 4.78 is 1.92. The van der Waals surface area contributed by atoms with Gasteiger partial charge in [-0.1, -0.05) is 30.7 Å². The largest absolute Gasteiger partial charge is 0.317 e. The molecule has 35 heavy (non-hydrogen) atoms. The second-order valence-electron chi connectivity index (χ2n) is 9.87. The molecule has 0 saturated carbocycles. The Hall–Kier alpha value is -3.19. The average Bonchev–Trinajstić information content (AvgIpc) is 3.34. The first-order valence-corrected chi connectivity index (χ1v) is 12.9. The molecular weight excluding hydrogens is 434 g/mol. The van der Waals surface area contributed by atoms with Gasteiger partial charge in [0.1, 0.15) is 0 Å². The quantitative estimate of drug-likeness (QED) is 0.533. The van der Waals surface area contributed by atoms with E-state index < -0.39 is 0 Å². The Labute approximate surface area is 207 Å². The molecule has 7 heteroatoms. The zero-order valence-electron chi connectivity index (χ0n) is 20.8. The van der Waals surface area contributed by atoms with Crippen LogP contribution >= 0.6 is 0 Å². The van der Waals surface area contributed by atoms with E-state index >= 15 is 0 Å². The number of hydrogen-bond donors (Lipinski definition) is 1. The van der Waals surface area contributed by atoms with Crippen molar-refractivity contribution in [1.29, 1.82) is 0 Å². The second-order valence-corrected chi connectivity index (χ2v) is 9.87. The number of aromatic nitrogens is 5. The van der Waals surface area contributed by atoms with Gasteiger partial charge in [-0.05, 0) is 88.9 Å². The first kappa shape index (κ1) is 23.5. The van der Waals surface area contributed by atoms with Crippen molar-refractivity contribution in [3.05, 3.63) is 60.2 Å². The number of aliphatic imine (C=N–C) groups is 1. The van der Waals surface area contributed by atoms with E-state index in [1.807, 2.05) is 23.1 Å². The first-order valence-electron chi connectivity index (χ1n) is 12.9. The van der Waals surface area contributed by atoms with E-state index in [1.165, 1.54) is 24.8 Å². The second kappa shape index (κ2) is 11.0. The van der Waals surface area contributed by atoms with Gasteiger partial charge in [-0.3, -0.25) is 0 Å². The molecule has 7 nitrogen and oxygen atoms in total.